The van der Waals surface area contributed by atoms with E-state index in [-0.39, 0.29) is 0 Å². The third-order valence-electron chi connectivity index (χ3n) is 4.03. The zero-order valence-electron chi connectivity index (χ0n) is 11.8. The molecule has 0 bridgehead atoms. The predicted octanol–water partition coefficient (Wildman–Crippen LogP) is 3.63. The quantitative estimate of drug-likeness (QED) is 0.910. The van der Waals surface area contributed by atoms with Crippen LogP contribution in [0.15, 0.2) is 18.2 Å². The van der Waals surface area contributed by atoms with E-state index < -0.39 is 0 Å². The summed E-state index contributed by atoms with van der Waals surface area (Å²) >= 11 is 1.99. The smallest absolute Gasteiger partial charge is 0.0991 e. The number of thioether (sulfide) groups is 1. The van der Waals surface area contributed by atoms with Crippen LogP contribution in [0.4, 0.5) is 0 Å². The maximum absolute atomic E-state index is 8.88. The maximum Gasteiger partial charge on any atom is 0.0991 e. The van der Waals surface area contributed by atoms with Crippen molar-refractivity contribution in [1.29, 1.82) is 5.26 Å². The summed E-state index contributed by atoms with van der Waals surface area (Å²) in [5, 5.41) is 13.4. The second kappa shape index (κ2) is 6.98. The Hall–Kier alpha value is -0.980. The molecule has 0 spiro atoms. The van der Waals surface area contributed by atoms with Gasteiger partial charge in [-0.3, -0.25) is 0 Å². The summed E-state index contributed by atoms with van der Waals surface area (Å²) in [7, 11) is 0. The molecular weight excluding hydrogens is 252 g/mol. The predicted molar refractivity (Wildman–Crippen MR) is 82.3 cm³/mol. The Morgan fingerprint density at radius 3 is 2.84 bits per heavy atom. The van der Waals surface area contributed by atoms with Crippen LogP contribution in [0.2, 0.25) is 0 Å². The van der Waals surface area contributed by atoms with Gasteiger partial charge in [0.2, 0.25) is 0 Å². The van der Waals surface area contributed by atoms with Gasteiger partial charge >= 0.3 is 0 Å². The van der Waals surface area contributed by atoms with Crippen molar-refractivity contribution in [3.63, 3.8) is 0 Å². The van der Waals surface area contributed by atoms with Crippen molar-refractivity contribution in [2.24, 2.45) is 0 Å². The second-order valence-corrected chi connectivity index (χ2v) is 6.38. The SMILES string of the molecule is CSC1CCCCC1NCc1ccc(C#N)cc1C. The van der Waals surface area contributed by atoms with Crippen molar-refractivity contribution < 1.29 is 0 Å². The van der Waals surface area contributed by atoms with E-state index in [1.165, 1.54) is 36.8 Å². The molecule has 2 nitrogen and oxygen atoms in total. The second-order valence-electron chi connectivity index (χ2n) is 5.30. The highest BCUT2D eigenvalue weighted by Crippen LogP contribution is 2.27. The lowest BCUT2D eigenvalue weighted by Gasteiger charge is -2.31. The highest BCUT2D eigenvalue weighted by atomic mass is 32.2. The maximum atomic E-state index is 8.88. The van der Waals surface area contributed by atoms with E-state index >= 15 is 0 Å². The van der Waals surface area contributed by atoms with E-state index in [2.05, 4.69) is 30.6 Å². The molecule has 0 heterocycles. The molecule has 0 amide bonds. The zero-order valence-corrected chi connectivity index (χ0v) is 12.6. The number of aryl methyl sites for hydroxylation is 1. The van der Waals surface area contributed by atoms with E-state index in [4.69, 9.17) is 5.26 Å². The van der Waals surface area contributed by atoms with Crippen molar-refractivity contribution in [1.82, 2.24) is 5.32 Å². The molecule has 1 aromatic rings. The average Bonchev–Trinajstić information content (AvgIpc) is 2.46. The van der Waals surface area contributed by atoms with Crippen LogP contribution in [-0.2, 0) is 6.54 Å². The van der Waals surface area contributed by atoms with Gasteiger partial charge in [0.25, 0.3) is 0 Å². The largest absolute Gasteiger partial charge is 0.309 e. The van der Waals surface area contributed by atoms with Gasteiger partial charge in [-0.15, -0.1) is 0 Å². The van der Waals surface area contributed by atoms with Crippen molar-refractivity contribution in [3.05, 3.63) is 34.9 Å². The molecule has 1 N–H and O–H groups in total. The Morgan fingerprint density at radius 1 is 1.37 bits per heavy atom. The van der Waals surface area contributed by atoms with Gasteiger partial charge in [-0.2, -0.15) is 17.0 Å². The fourth-order valence-corrected chi connectivity index (χ4v) is 3.78. The van der Waals surface area contributed by atoms with Gasteiger partial charge in [-0.1, -0.05) is 18.9 Å². The van der Waals surface area contributed by atoms with Gasteiger partial charge in [0, 0.05) is 17.8 Å². The first kappa shape index (κ1) is 14.4. The van der Waals surface area contributed by atoms with Crippen LogP contribution < -0.4 is 5.32 Å². The summed E-state index contributed by atoms with van der Waals surface area (Å²) in [6.45, 7) is 3.00. The van der Waals surface area contributed by atoms with E-state index in [9.17, 15) is 0 Å². The van der Waals surface area contributed by atoms with Crippen molar-refractivity contribution in [3.8, 4) is 6.07 Å². The third kappa shape index (κ3) is 3.75. The van der Waals surface area contributed by atoms with E-state index in [1.54, 1.807) is 0 Å². The molecule has 2 unspecified atom stereocenters. The topological polar surface area (TPSA) is 35.8 Å². The van der Waals surface area contributed by atoms with Crippen molar-refractivity contribution >= 4 is 11.8 Å². The molecule has 3 heteroatoms. The minimum Gasteiger partial charge on any atom is -0.309 e. The number of benzene rings is 1. The minimum absolute atomic E-state index is 0.638. The molecule has 0 aliphatic heterocycles. The Balaban J connectivity index is 1.96. The molecule has 2 rings (SSSR count). The van der Waals surface area contributed by atoms with Gasteiger partial charge in [0.1, 0.15) is 0 Å². The molecule has 1 aromatic carbocycles. The van der Waals surface area contributed by atoms with Crippen LogP contribution in [0.25, 0.3) is 0 Å². The Labute approximate surface area is 120 Å². The van der Waals surface area contributed by atoms with E-state index in [0.717, 1.165) is 17.4 Å². The molecule has 102 valence electrons. The molecular formula is C16H22N2S. The summed E-state index contributed by atoms with van der Waals surface area (Å²) in [6.07, 6.45) is 7.57. The van der Waals surface area contributed by atoms with Gasteiger partial charge in [0.05, 0.1) is 11.6 Å². The molecule has 1 aliphatic carbocycles. The lowest BCUT2D eigenvalue weighted by Crippen LogP contribution is -2.40. The van der Waals surface area contributed by atoms with Crippen LogP contribution in [0.3, 0.4) is 0 Å². The molecule has 0 aromatic heterocycles. The lowest BCUT2D eigenvalue weighted by molar-refractivity contribution is 0.383. The first-order chi connectivity index (χ1) is 9.24. The normalized spacial score (nSPS) is 23.0. The third-order valence-corrected chi connectivity index (χ3v) is 5.20. The summed E-state index contributed by atoms with van der Waals surface area (Å²) in [6, 6.07) is 8.80. The van der Waals surface area contributed by atoms with Crippen LogP contribution in [0, 0.1) is 18.3 Å². The minimum atomic E-state index is 0.638. The molecule has 19 heavy (non-hydrogen) atoms. The standard InChI is InChI=1S/C16H22N2S/c1-12-9-13(10-17)7-8-14(12)11-18-15-5-3-4-6-16(15)19-2/h7-9,15-16,18H,3-6,11H2,1-2H3. The summed E-state index contributed by atoms with van der Waals surface area (Å²) < 4.78 is 0. The first-order valence-electron chi connectivity index (χ1n) is 7.00. The van der Waals surface area contributed by atoms with E-state index in [1.807, 2.05) is 23.9 Å². The molecule has 1 fully saturated rings. The number of nitrogens with one attached hydrogen (secondary N) is 1. The summed E-state index contributed by atoms with van der Waals surface area (Å²) in [5.74, 6) is 0. The summed E-state index contributed by atoms with van der Waals surface area (Å²) in [4.78, 5) is 0. The molecule has 1 aliphatic rings. The van der Waals surface area contributed by atoms with Crippen LogP contribution in [0.1, 0.15) is 42.4 Å². The number of hydrogen-bond acceptors (Lipinski definition) is 3. The van der Waals surface area contributed by atoms with E-state index in [0.29, 0.717) is 6.04 Å². The number of nitrogens with zero attached hydrogens (tertiary/aromatic N) is 1. The first-order valence-corrected chi connectivity index (χ1v) is 8.29. The Morgan fingerprint density at radius 2 is 2.16 bits per heavy atom. The number of rotatable bonds is 4. The van der Waals surface area contributed by atoms with Gasteiger partial charge in [0.15, 0.2) is 0 Å². The number of hydrogen-bond donors (Lipinski definition) is 1. The van der Waals surface area contributed by atoms with Crippen molar-refractivity contribution in [2.45, 2.75) is 50.4 Å². The highest BCUT2D eigenvalue weighted by molar-refractivity contribution is 7.99. The fraction of sp³-hybridized carbons (Fsp3) is 0.562. The Kier molecular flexibility index (Phi) is 5.30. The lowest BCUT2D eigenvalue weighted by atomic mass is 9.94. The Bertz CT molecular complexity index is 464. The highest BCUT2D eigenvalue weighted by Gasteiger charge is 2.23. The fourth-order valence-electron chi connectivity index (χ4n) is 2.82. The monoisotopic (exact) mass is 274 g/mol. The van der Waals surface area contributed by atoms with Crippen LogP contribution >= 0.6 is 11.8 Å². The molecule has 0 radical (unpaired) electrons. The average molecular weight is 274 g/mol. The number of nitriles is 1. The summed E-state index contributed by atoms with van der Waals surface area (Å²) in [5.41, 5.74) is 3.27. The molecule has 0 saturated heterocycles. The van der Waals surface area contributed by atoms with Crippen LogP contribution in [-0.4, -0.2) is 17.5 Å². The molecule has 1 saturated carbocycles. The van der Waals surface area contributed by atoms with Gasteiger partial charge in [-0.05, 0) is 49.3 Å². The van der Waals surface area contributed by atoms with Crippen LogP contribution in [0.5, 0.6) is 0 Å². The van der Waals surface area contributed by atoms with Crippen molar-refractivity contribution in [2.75, 3.05) is 6.26 Å². The van der Waals surface area contributed by atoms with Gasteiger partial charge < -0.3 is 5.32 Å². The zero-order chi connectivity index (χ0) is 13.7. The molecule has 2 atom stereocenters. The van der Waals surface area contributed by atoms with Gasteiger partial charge in [-0.25, -0.2) is 0 Å².